The van der Waals surface area contributed by atoms with Gasteiger partial charge in [-0.2, -0.15) is 0 Å². The molecule has 0 spiro atoms. The molecule has 3 rings (SSSR count). The Labute approximate surface area is 200 Å². The van der Waals surface area contributed by atoms with E-state index in [1.165, 1.54) is 12.1 Å². The van der Waals surface area contributed by atoms with E-state index in [4.69, 9.17) is 9.47 Å². The molecule has 3 aromatic rings. The summed E-state index contributed by atoms with van der Waals surface area (Å²) in [5, 5.41) is 2.75. The summed E-state index contributed by atoms with van der Waals surface area (Å²) in [4.78, 5) is 16.9. The van der Waals surface area contributed by atoms with Gasteiger partial charge in [-0.1, -0.05) is 6.07 Å². The van der Waals surface area contributed by atoms with Crippen molar-refractivity contribution in [1.29, 1.82) is 0 Å². The van der Waals surface area contributed by atoms with Gasteiger partial charge < -0.3 is 14.8 Å². The second-order valence-corrected chi connectivity index (χ2v) is 10.3. The summed E-state index contributed by atoms with van der Waals surface area (Å²) in [6.45, 7) is 7.86. The first-order chi connectivity index (χ1) is 16.1. The highest BCUT2D eigenvalue weighted by molar-refractivity contribution is 7.89. The first-order valence-corrected chi connectivity index (χ1v) is 12.3. The molecule has 180 valence electrons. The van der Waals surface area contributed by atoms with Crippen molar-refractivity contribution in [3.8, 4) is 11.5 Å². The molecule has 1 amide bonds. The molecule has 34 heavy (non-hydrogen) atoms. The minimum atomic E-state index is -3.73. The van der Waals surface area contributed by atoms with E-state index >= 15 is 0 Å². The van der Waals surface area contributed by atoms with Crippen LogP contribution < -0.4 is 19.5 Å². The highest BCUT2D eigenvalue weighted by Gasteiger charge is 2.22. The van der Waals surface area contributed by atoms with E-state index in [2.05, 4.69) is 15.0 Å². The highest BCUT2D eigenvalue weighted by atomic mass is 32.2. The van der Waals surface area contributed by atoms with Gasteiger partial charge in [0.15, 0.2) is 11.5 Å². The Balaban J connectivity index is 1.76. The number of hydrogen-bond acceptors (Lipinski definition) is 6. The van der Waals surface area contributed by atoms with Crippen LogP contribution in [0.15, 0.2) is 71.9 Å². The van der Waals surface area contributed by atoms with Gasteiger partial charge in [-0.15, -0.1) is 0 Å². The van der Waals surface area contributed by atoms with Crippen molar-refractivity contribution >= 4 is 21.6 Å². The smallest absolute Gasteiger partial charge is 0.255 e. The van der Waals surface area contributed by atoms with Crippen LogP contribution in [-0.4, -0.2) is 31.5 Å². The van der Waals surface area contributed by atoms with Gasteiger partial charge in [0.1, 0.15) is 6.61 Å². The van der Waals surface area contributed by atoms with Crippen LogP contribution in [0.2, 0.25) is 0 Å². The third-order valence-corrected chi connectivity index (χ3v) is 6.25. The molecule has 0 aliphatic rings. The average Bonchev–Trinajstić information content (AvgIpc) is 2.78. The van der Waals surface area contributed by atoms with Crippen LogP contribution in [0.5, 0.6) is 11.5 Å². The number of aromatic nitrogens is 1. The van der Waals surface area contributed by atoms with E-state index in [-0.39, 0.29) is 4.90 Å². The summed E-state index contributed by atoms with van der Waals surface area (Å²) >= 11 is 0. The van der Waals surface area contributed by atoms with Crippen molar-refractivity contribution in [3.05, 3.63) is 78.1 Å². The largest absolute Gasteiger partial charge is 0.490 e. The number of anilines is 1. The first-order valence-electron chi connectivity index (χ1n) is 10.8. The Bertz CT molecular complexity index is 1240. The molecule has 0 bridgehead atoms. The summed E-state index contributed by atoms with van der Waals surface area (Å²) in [5.74, 6) is 0.548. The lowest BCUT2D eigenvalue weighted by atomic mass is 10.1. The predicted molar refractivity (Wildman–Crippen MR) is 131 cm³/mol. The molecule has 0 saturated heterocycles. The summed E-state index contributed by atoms with van der Waals surface area (Å²) < 4.78 is 39.4. The standard InChI is InChI=1S/C25H29N3O5S/c1-5-32-23-15-19(9-10-22(23)33-17-18-11-13-26-14-12-18)24(29)27-20-7-6-8-21(16-20)34(30,31)28-25(2,3)4/h6-16,28H,5,17H2,1-4H3,(H,27,29). The maximum absolute atomic E-state index is 12.9. The average molecular weight is 484 g/mol. The number of carbonyl (C=O) groups excluding carboxylic acids is 1. The zero-order valence-electron chi connectivity index (χ0n) is 19.7. The van der Waals surface area contributed by atoms with Gasteiger partial charge in [-0.3, -0.25) is 9.78 Å². The quantitative estimate of drug-likeness (QED) is 0.468. The lowest BCUT2D eigenvalue weighted by Gasteiger charge is -2.20. The number of pyridine rings is 1. The summed E-state index contributed by atoms with van der Waals surface area (Å²) in [5.41, 5.74) is 1.03. The number of benzene rings is 2. The van der Waals surface area contributed by atoms with Gasteiger partial charge in [0.25, 0.3) is 5.91 Å². The van der Waals surface area contributed by atoms with Crippen molar-refractivity contribution < 1.29 is 22.7 Å². The van der Waals surface area contributed by atoms with Crippen LogP contribution in [0.25, 0.3) is 0 Å². The molecule has 0 radical (unpaired) electrons. The van der Waals surface area contributed by atoms with Crippen molar-refractivity contribution in [3.63, 3.8) is 0 Å². The number of carbonyl (C=O) groups is 1. The minimum absolute atomic E-state index is 0.0649. The van der Waals surface area contributed by atoms with Crippen LogP contribution in [0.1, 0.15) is 43.6 Å². The second-order valence-electron chi connectivity index (χ2n) is 8.58. The Morgan fingerprint density at radius 3 is 2.38 bits per heavy atom. The van der Waals surface area contributed by atoms with E-state index in [1.807, 2.05) is 19.1 Å². The summed E-state index contributed by atoms with van der Waals surface area (Å²) in [6.07, 6.45) is 3.38. The Morgan fingerprint density at radius 1 is 0.971 bits per heavy atom. The molecule has 8 nitrogen and oxygen atoms in total. The van der Waals surface area contributed by atoms with Gasteiger partial charge in [0.05, 0.1) is 11.5 Å². The van der Waals surface area contributed by atoms with Crippen LogP contribution >= 0.6 is 0 Å². The lowest BCUT2D eigenvalue weighted by Crippen LogP contribution is -2.40. The molecule has 2 N–H and O–H groups in total. The maximum Gasteiger partial charge on any atom is 0.255 e. The fraction of sp³-hybridized carbons (Fsp3) is 0.280. The summed E-state index contributed by atoms with van der Waals surface area (Å²) in [6, 6.07) is 14.7. The molecular formula is C25H29N3O5S. The number of hydrogen-bond donors (Lipinski definition) is 2. The lowest BCUT2D eigenvalue weighted by molar-refractivity contribution is 0.102. The van der Waals surface area contributed by atoms with Gasteiger partial charge in [-0.25, -0.2) is 13.1 Å². The zero-order valence-corrected chi connectivity index (χ0v) is 20.5. The number of sulfonamides is 1. The zero-order chi connectivity index (χ0) is 24.8. The van der Waals surface area contributed by atoms with Crippen molar-refractivity contribution in [1.82, 2.24) is 9.71 Å². The summed E-state index contributed by atoms with van der Waals surface area (Å²) in [7, 11) is -3.73. The Kier molecular flexibility index (Phi) is 7.90. The SMILES string of the molecule is CCOc1cc(C(=O)Nc2cccc(S(=O)(=O)NC(C)(C)C)c2)ccc1OCc1ccncc1. The number of nitrogens with one attached hydrogen (secondary N) is 2. The molecule has 9 heteroatoms. The Hall–Kier alpha value is -3.43. The van der Waals surface area contributed by atoms with Gasteiger partial charge in [0.2, 0.25) is 10.0 Å². The van der Waals surface area contributed by atoms with Crippen LogP contribution in [-0.2, 0) is 16.6 Å². The Morgan fingerprint density at radius 2 is 1.71 bits per heavy atom. The molecular weight excluding hydrogens is 454 g/mol. The van der Waals surface area contributed by atoms with Gasteiger partial charge >= 0.3 is 0 Å². The number of amides is 1. The monoisotopic (exact) mass is 483 g/mol. The number of rotatable bonds is 9. The highest BCUT2D eigenvalue weighted by Crippen LogP contribution is 2.30. The van der Waals surface area contributed by atoms with Gasteiger partial charge in [-0.05, 0) is 81.8 Å². The van der Waals surface area contributed by atoms with Crippen LogP contribution in [0, 0.1) is 0 Å². The molecule has 0 unspecified atom stereocenters. The number of nitrogens with zero attached hydrogens (tertiary/aromatic N) is 1. The maximum atomic E-state index is 12.9. The van der Waals surface area contributed by atoms with E-state index in [0.717, 1.165) is 5.56 Å². The van der Waals surface area contributed by atoms with Crippen molar-refractivity contribution in [2.45, 2.75) is 44.7 Å². The first kappa shape index (κ1) is 25.2. The molecule has 0 saturated carbocycles. The van der Waals surface area contributed by atoms with Crippen molar-refractivity contribution in [2.75, 3.05) is 11.9 Å². The van der Waals surface area contributed by atoms with Crippen molar-refractivity contribution in [2.24, 2.45) is 0 Å². The van der Waals surface area contributed by atoms with E-state index < -0.39 is 21.5 Å². The molecule has 0 fully saturated rings. The molecule has 1 heterocycles. The molecule has 2 aromatic carbocycles. The fourth-order valence-electron chi connectivity index (χ4n) is 3.08. The number of ether oxygens (including phenoxy) is 2. The minimum Gasteiger partial charge on any atom is -0.490 e. The fourth-order valence-corrected chi connectivity index (χ4v) is 4.55. The normalized spacial score (nSPS) is 11.6. The van der Waals surface area contributed by atoms with Gasteiger partial charge in [0, 0.05) is 29.2 Å². The molecule has 0 atom stereocenters. The third kappa shape index (κ3) is 7.03. The second kappa shape index (κ2) is 10.7. The van der Waals surface area contributed by atoms with E-state index in [9.17, 15) is 13.2 Å². The predicted octanol–water partition coefficient (Wildman–Crippen LogP) is 4.39. The van der Waals surface area contributed by atoms with Crippen LogP contribution in [0.3, 0.4) is 0 Å². The van der Waals surface area contributed by atoms with Crippen LogP contribution in [0.4, 0.5) is 5.69 Å². The van der Waals surface area contributed by atoms with E-state index in [1.54, 1.807) is 63.5 Å². The molecule has 1 aromatic heterocycles. The topological polar surface area (TPSA) is 107 Å². The van der Waals surface area contributed by atoms with E-state index in [0.29, 0.717) is 36.0 Å². The third-order valence-electron chi connectivity index (χ3n) is 4.49. The molecule has 0 aliphatic carbocycles. The molecule has 0 aliphatic heterocycles.